The molecule has 1 heterocycles. The largest absolute Gasteiger partial charge is 0.285 e. The van der Waals surface area contributed by atoms with Crippen LogP contribution in [0.4, 0.5) is 5.69 Å². The molecule has 1 amide bonds. The molecule has 0 N–H and O–H groups in total. The van der Waals surface area contributed by atoms with E-state index < -0.39 is 4.92 Å². The fraction of sp³-hybridized carbons (Fsp3) is 0.118. The molecule has 0 spiro atoms. The second-order valence-corrected chi connectivity index (χ2v) is 6.18. The van der Waals surface area contributed by atoms with Crippen LogP contribution in [0.3, 0.4) is 0 Å². The lowest BCUT2D eigenvalue weighted by Crippen LogP contribution is -2.28. The molecule has 1 aliphatic heterocycles. The number of hydrogen-bond donors (Lipinski definition) is 0. The maximum absolute atomic E-state index is 12.0. The molecule has 1 aliphatic rings. The number of nitro benzene ring substituents is 1. The van der Waals surface area contributed by atoms with E-state index in [0.29, 0.717) is 23.0 Å². The zero-order chi connectivity index (χ0) is 17.6. The van der Waals surface area contributed by atoms with E-state index >= 15 is 0 Å². The molecule has 0 atom stereocenters. The molecule has 0 radical (unpaired) electrons. The number of benzene rings is 2. The lowest BCUT2D eigenvalue weighted by atomic mass is 10.2. The number of carbonyl (C=O) groups is 1. The Hall–Kier alpha value is -3.00. The lowest BCUT2D eigenvalue weighted by Gasteiger charge is -2.14. The lowest BCUT2D eigenvalue weighted by molar-refractivity contribution is -0.384. The molecule has 0 unspecified atom stereocenters. The van der Waals surface area contributed by atoms with Crippen LogP contribution < -0.4 is 0 Å². The Bertz CT molecular complexity index is 852. The van der Waals surface area contributed by atoms with Gasteiger partial charge < -0.3 is 0 Å². The molecule has 2 aromatic carbocycles. The summed E-state index contributed by atoms with van der Waals surface area (Å²) < 4.78 is 0. The van der Waals surface area contributed by atoms with Crippen molar-refractivity contribution in [2.75, 3.05) is 5.75 Å². The van der Waals surface area contributed by atoms with Gasteiger partial charge in [-0.3, -0.25) is 19.8 Å². The van der Waals surface area contributed by atoms with Gasteiger partial charge in [0.2, 0.25) is 5.91 Å². The maximum Gasteiger partial charge on any atom is 0.270 e. The van der Waals surface area contributed by atoms with Gasteiger partial charge in [-0.25, -0.2) is 0 Å². The van der Waals surface area contributed by atoms with Crippen molar-refractivity contribution in [3.63, 3.8) is 0 Å². The molecule has 7 nitrogen and oxygen atoms in total. The highest BCUT2D eigenvalue weighted by Crippen LogP contribution is 2.22. The molecule has 25 heavy (non-hydrogen) atoms. The summed E-state index contributed by atoms with van der Waals surface area (Å²) in [6, 6.07) is 15.8. The molecular weight excluding hydrogens is 340 g/mol. The monoisotopic (exact) mass is 354 g/mol. The van der Waals surface area contributed by atoms with Crippen LogP contribution in [0.1, 0.15) is 11.1 Å². The Morgan fingerprint density at radius 1 is 1.20 bits per heavy atom. The summed E-state index contributed by atoms with van der Waals surface area (Å²) in [5, 5.41) is 19.4. The zero-order valence-corrected chi connectivity index (χ0v) is 13.9. The molecule has 0 saturated carbocycles. The molecule has 126 valence electrons. The number of amides is 1. The van der Waals surface area contributed by atoms with Gasteiger partial charge in [-0.15, -0.1) is 5.10 Å². The van der Waals surface area contributed by atoms with Gasteiger partial charge in [0.25, 0.3) is 5.69 Å². The van der Waals surface area contributed by atoms with E-state index in [1.807, 2.05) is 30.3 Å². The average molecular weight is 354 g/mol. The Morgan fingerprint density at radius 3 is 2.76 bits per heavy atom. The average Bonchev–Trinajstić information content (AvgIpc) is 2.96. The van der Waals surface area contributed by atoms with E-state index in [0.717, 1.165) is 5.56 Å². The van der Waals surface area contributed by atoms with Crippen molar-refractivity contribution in [1.82, 2.24) is 4.90 Å². The second kappa shape index (κ2) is 7.71. The number of nitro groups is 1. The molecule has 1 fully saturated rings. The van der Waals surface area contributed by atoms with Crippen LogP contribution in [0.2, 0.25) is 0 Å². The van der Waals surface area contributed by atoms with Gasteiger partial charge in [-0.1, -0.05) is 54.2 Å². The van der Waals surface area contributed by atoms with E-state index in [4.69, 9.17) is 0 Å². The summed E-state index contributed by atoms with van der Waals surface area (Å²) in [6.07, 6.45) is 1.43. The number of hydrogen-bond acceptors (Lipinski definition) is 6. The van der Waals surface area contributed by atoms with Crippen molar-refractivity contribution >= 4 is 34.7 Å². The predicted molar refractivity (Wildman–Crippen MR) is 97.6 cm³/mol. The molecule has 0 aliphatic carbocycles. The van der Waals surface area contributed by atoms with Crippen LogP contribution in [0.15, 0.2) is 64.8 Å². The fourth-order valence-corrected chi connectivity index (χ4v) is 3.09. The number of non-ortho nitro benzene ring substituents is 1. The smallest absolute Gasteiger partial charge is 0.270 e. The number of carbonyl (C=O) groups excluding carboxylic acids is 1. The van der Waals surface area contributed by atoms with Crippen molar-refractivity contribution < 1.29 is 9.72 Å². The molecule has 2 aromatic rings. The van der Waals surface area contributed by atoms with Gasteiger partial charge in [0.05, 0.1) is 23.4 Å². The molecule has 1 saturated heterocycles. The Morgan fingerprint density at radius 2 is 2.00 bits per heavy atom. The first-order chi connectivity index (χ1) is 12.1. The van der Waals surface area contributed by atoms with Gasteiger partial charge >= 0.3 is 0 Å². The number of thioether (sulfide) groups is 1. The quantitative estimate of drug-likeness (QED) is 0.469. The number of amidine groups is 1. The highest BCUT2D eigenvalue weighted by molar-refractivity contribution is 8.15. The van der Waals surface area contributed by atoms with Gasteiger partial charge in [-0.05, 0) is 5.56 Å². The zero-order valence-electron chi connectivity index (χ0n) is 13.1. The van der Waals surface area contributed by atoms with Crippen molar-refractivity contribution in [2.24, 2.45) is 10.2 Å². The Kier molecular flexibility index (Phi) is 5.20. The van der Waals surface area contributed by atoms with Crippen LogP contribution in [0, 0.1) is 10.1 Å². The SMILES string of the molecule is O=C1CS/C(=N\N=C/c2cccc([N+](=O)[O-])c2)N1Cc1ccccc1. The summed E-state index contributed by atoms with van der Waals surface area (Å²) >= 11 is 1.33. The standard InChI is InChI=1S/C17H14N4O3S/c22-16-12-25-17(20(16)11-13-5-2-1-3-6-13)19-18-10-14-7-4-8-15(9-14)21(23)24/h1-10H,11-12H2/b18-10-,19-17-. The van der Waals surface area contributed by atoms with Crippen LogP contribution in [-0.4, -0.2) is 32.9 Å². The predicted octanol–water partition coefficient (Wildman–Crippen LogP) is 3.06. The van der Waals surface area contributed by atoms with Crippen molar-refractivity contribution in [1.29, 1.82) is 0 Å². The van der Waals surface area contributed by atoms with Crippen molar-refractivity contribution in [3.05, 3.63) is 75.8 Å². The summed E-state index contributed by atoms with van der Waals surface area (Å²) in [6.45, 7) is 0.442. The van der Waals surface area contributed by atoms with Gasteiger partial charge in [0, 0.05) is 17.7 Å². The minimum atomic E-state index is -0.462. The molecule has 3 rings (SSSR count). The first-order valence-corrected chi connectivity index (χ1v) is 8.44. The first-order valence-electron chi connectivity index (χ1n) is 7.46. The second-order valence-electron chi connectivity index (χ2n) is 5.23. The minimum Gasteiger partial charge on any atom is -0.285 e. The van der Waals surface area contributed by atoms with Gasteiger partial charge in [0.1, 0.15) is 0 Å². The summed E-state index contributed by atoms with van der Waals surface area (Å²) in [7, 11) is 0. The van der Waals surface area contributed by atoms with Gasteiger partial charge in [0.15, 0.2) is 5.17 Å². The minimum absolute atomic E-state index is 0.00673. The third-order valence-corrected chi connectivity index (χ3v) is 4.42. The summed E-state index contributed by atoms with van der Waals surface area (Å²) in [5.74, 6) is 0.316. The van der Waals surface area contributed by atoms with Crippen LogP contribution in [-0.2, 0) is 11.3 Å². The van der Waals surface area contributed by atoms with E-state index in [1.165, 1.54) is 30.1 Å². The molecule has 0 bridgehead atoms. The number of rotatable bonds is 5. The van der Waals surface area contributed by atoms with Crippen LogP contribution in [0.25, 0.3) is 0 Å². The van der Waals surface area contributed by atoms with E-state index in [9.17, 15) is 14.9 Å². The highest BCUT2D eigenvalue weighted by Gasteiger charge is 2.28. The van der Waals surface area contributed by atoms with E-state index in [1.54, 1.807) is 17.0 Å². The summed E-state index contributed by atoms with van der Waals surface area (Å²) in [4.78, 5) is 23.9. The van der Waals surface area contributed by atoms with Crippen molar-refractivity contribution in [3.8, 4) is 0 Å². The molecular formula is C17H14N4O3S. The summed E-state index contributed by atoms with van der Waals surface area (Å²) in [5.41, 5.74) is 1.57. The molecule has 0 aromatic heterocycles. The number of nitrogens with zero attached hydrogens (tertiary/aromatic N) is 4. The fourth-order valence-electron chi connectivity index (χ4n) is 2.26. The van der Waals surface area contributed by atoms with Crippen LogP contribution in [0.5, 0.6) is 0 Å². The maximum atomic E-state index is 12.0. The van der Waals surface area contributed by atoms with E-state index in [-0.39, 0.29) is 11.6 Å². The normalized spacial score (nSPS) is 16.1. The Balaban J connectivity index is 1.74. The van der Waals surface area contributed by atoms with Crippen LogP contribution >= 0.6 is 11.8 Å². The Labute approximate surface area is 148 Å². The van der Waals surface area contributed by atoms with E-state index in [2.05, 4.69) is 10.2 Å². The van der Waals surface area contributed by atoms with Crippen molar-refractivity contribution in [2.45, 2.75) is 6.54 Å². The van der Waals surface area contributed by atoms with Gasteiger partial charge in [-0.2, -0.15) is 5.10 Å². The first kappa shape index (κ1) is 16.8. The molecule has 8 heteroatoms. The third kappa shape index (κ3) is 4.30. The third-order valence-electron chi connectivity index (χ3n) is 3.47. The topological polar surface area (TPSA) is 88.2 Å². The highest BCUT2D eigenvalue weighted by atomic mass is 32.2.